The van der Waals surface area contributed by atoms with Crippen molar-refractivity contribution in [1.29, 1.82) is 5.26 Å². The van der Waals surface area contributed by atoms with Crippen LogP contribution in [0.3, 0.4) is 0 Å². The number of carbonyl (C=O) groups is 1. The summed E-state index contributed by atoms with van der Waals surface area (Å²) in [6.45, 7) is 1.34. The summed E-state index contributed by atoms with van der Waals surface area (Å²) < 4.78 is 21.1. The molecule has 1 aliphatic heterocycles. The Labute approximate surface area is 138 Å². The van der Waals surface area contributed by atoms with Gasteiger partial charge in [0.25, 0.3) is 5.91 Å². The quantitative estimate of drug-likeness (QED) is 0.869. The molecule has 1 fully saturated rings. The molecule has 0 spiro atoms. The first-order valence-corrected chi connectivity index (χ1v) is 7.91. The van der Waals surface area contributed by atoms with Crippen LogP contribution in [0.4, 0.5) is 10.1 Å². The van der Waals surface area contributed by atoms with Crippen molar-refractivity contribution >= 4 is 11.6 Å². The van der Waals surface area contributed by atoms with Gasteiger partial charge < -0.3 is 9.64 Å². The zero-order valence-corrected chi connectivity index (χ0v) is 12.9. The molecule has 122 valence electrons. The van der Waals surface area contributed by atoms with Gasteiger partial charge in [-0.25, -0.2) is 9.07 Å². The summed E-state index contributed by atoms with van der Waals surface area (Å²) in [5, 5.41) is 13.2. The van der Waals surface area contributed by atoms with Crippen LogP contribution in [0.15, 0.2) is 24.3 Å². The van der Waals surface area contributed by atoms with E-state index in [9.17, 15) is 9.18 Å². The van der Waals surface area contributed by atoms with E-state index in [1.54, 1.807) is 27.8 Å². The second-order valence-corrected chi connectivity index (χ2v) is 5.98. The number of hydrogen-bond acceptors (Lipinski definition) is 4. The van der Waals surface area contributed by atoms with Crippen molar-refractivity contribution < 1.29 is 13.9 Å². The van der Waals surface area contributed by atoms with Gasteiger partial charge in [0.2, 0.25) is 5.88 Å². The van der Waals surface area contributed by atoms with Crippen LogP contribution in [0.25, 0.3) is 0 Å². The zero-order chi connectivity index (χ0) is 16.7. The lowest BCUT2D eigenvalue weighted by Gasteiger charge is -2.21. The highest BCUT2D eigenvalue weighted by molar-refractivity contribution is 6.05. The van der Waals surface area contributed by atoms with E-state index < -0.39 is 5.82 Å². The summed E-state index contributed by atoms with van der Waals surface area (Å²) >= 11 is 0. The number of amides is 1. The highest BCUT2D eigenvalue weighted by atomic mass is 19.1. The monoisotopic (exact) mass is 326 g/mol. The van der Waals surface area contributed by atoms with Gasteiger partial charge in [0, 0.05) is 30.8 Å². The molecule has 2 aromatic rings. The smallest absolute Gasteiger partial charge is 0.279 e. The molecule has 1 saturated carbocycles. The number of anilines is 1. The Kier molecular flexibility index (Phi) is 3.45. The molecular weight excluding hydrogens is 311 g/mol. The van der Waals surface area contributed by atoms with Crippen molar-refractivity contribution in [2.75, 3.05) is 11.5 Å². The van der Waals surface area contributed by atoms with E-state index in [1.165, 1.54) is 12.1 Å². The molecule has 0 N–H and O–H groups in total. The van der Waals surface area contributed by atoms with Gasteiger partial charge in [0.15, 0.2) is 5.69 Å². The standard InChI is InChI=1S/C17H15FN4O2/c18-14-8-13(3-2-11(14)10-19)22(12-4-5-12)17(23)15-9-16-21(20-15)6-1-7-24-16/h2-3,8-9,12H,1,4-7H2. The largest absolute Gasteiger partial charge is 0.478 e. The Hall–Kier alpha value is -2.88. The van der Waals surface area contributed by atoms with Gasteiger partial charge >= 0.3 is 0 Å². The number of nitrogens with zero attached hydrogens (tertiary/aromatic N) is 4. The third-order valence-electron chi connectivity index (χ3n) is 4.21. The molecule has 1 aromatic heterocycles. The number of aromatic nitrogens is 2. The third kappa shape index (κ3) is 2.50. The predicted molar refractivity (Wildman–Crippen MR) is 83.3 cm³/mol. The molecule has 7 heteroatoms. The molecular formula is C17H15FN4O2. The van der Waals surface area contributed by atoms with E-state index >= 15 is 0 Å². The molecule has 1 aromatic carbocycles. The average Bonchev–Trinajstić information content (AvgIpc) is 3.32. The van der Waals surface area contributed by atoms with Crippen LogP contribution >= 0.6 is 0 Å². The summed E-state index contributed by atoms with van der Waals surface area (Å²) in [6, 6.07) is 7.71. The molecule has 0 bridgehead atoms. The van der Waals surface area contributed by atoms with E-state index in [2.05, 4.69) is 5.10 Å². The zero-order valence-electron chi connectivity index (χ0n) is 12.9. The molecule has 2 aliphatic rings. The molecule has 0 atom stereocenters. The molecule has 0 saturated heterocycles. The normalized spacial score (nSPS) is 16.0. The second-order valence-electron chi connectivity index (χ2n) is 5.98. The maximum atomic E-state index is 13.9. The minimum atomic E-state index is -0.624. The summed E-state index contributed by atoms with van der Waals surface area (Å²) in [5.74, 6) is -0.306. The highest BCUT2D eigenvalue weighted by Crippen LogP contribution is 2.34. The molecule has 4 rings (SSSR count). The van der Waals surface area contributed by atoms with Gasteiger partial charge in [-0.2, -0.15) is 10.4 Å². The Balaban J connectivity index is 1.68. The Morgan fingerprint density at radius 2 is 2.25 bits per heavy atom. The fraction of sp³-hybridized carbons (Fsp3) is 0.353. The third-order valence-corrected chi connectivity index (χ3v) is 4.21. The van der Waals surface area contributed by atoms with Crippen LogP contribution in [0.5, 0.6) is 5.88 Å². The lowest BCUT2D eigenvalue weighted by atomic mass is 10.2. The molecule has 0 radical (unpaired) electrons. The second kappa shape index (κ2) is 5.64. The number of hydrogen-bond donors (Lipinski definition) is 0. The van der Waals surface area contributed by atoms with Crippen LogP contribution in [0, 0.1) is 17.1 Å². The number of halogens is 1. The van der Waals surface area contributed by atoms with Gasteiger partial charge in [-0.1, -0.05) is 0 Å². The summed E-state index contributed by atoms with van der Waals surface area (Å²) in [4.78, 5) is 14.5. The maximum Gasteiger partial charge on any atom is 0.279 e. The Morgan fingerprint density at radius 1 is 1.42 bits per heavy atom. The van der Waals surface area contributed by atoms with Gasteiger partial charge in [0.1, 0.15) is 11.9 Å². The molecule has 1 amide bonds. The van der Waals surface area contributed by atoms with Crippen LogP contribution in [0.2, 0.25) is 0 Å². The Morgan fingerprint density at radius 3 is 2.92 bits per heavy atom. The topological polar surface area (TPSA) is 71.2 Å². The van der Waals surface area contributed by atoms with E-state index in [4.69, 9.17) is 10.00 Å². The van der Waals surface area contributed by atoms with Crippen molar-refractivity contribution in [2.24, 2.45) is 0 Å². The van der Waals surface area contributed by atoms with Crippen molar-refractivity contribution in [3.63, 3.8) is 0 Å². The van der Waals surface area contributed by atoms with Gasteiger partial charge in [-0.3, -0.25) is 4.79 Å². The van der Waals surface area contributed by atoms with Crippen molar-refractivity contribution in [2.45, 2.75) is 31.8 Å². The number of carbonyl (C=O) groups excluding carboxylic acids is 1. The summed E-state index contributed by atoms with van der Waals surface area (Å²) in [7, 11) is 0. The van der Waals surface area contributed by atoms with Crippen LogP contribution in [0.1, 0.15) is 35.3 Å². The van der Waals surface area contributed by atoms with Gasteiger partial charge in [-0.15, -0.1) is 0 Å². The number of nitriles is 1. The molecule has 2 heterocycles. The SMILES string of the molecule is N#Cc1ccc(N(C(=O)c2cc3n(n2)CCCO3)C2CC2)cc1F. The molecule has 1 aliphatic carbocycles. The fourth-order valence-electron chi connectivity index (χ4n) is 2.87. The van der Waals surface area contributed by atoms with Crippen molar-refractivity contribution in [3.05, 3.63) is 41.3 Å². The number of aryl methyl sites for hydroxylation is 1. The van der Waals surface area contributed by atoms with Crippen LogP contribution in [-0.2, 0) is 6.54 Å². The molecule has 6 nitrogen and oxygen atoms in total. The van der Waals surface area contributed by atoms with E-state index in [0.29, 0.717) is 23.9 Å². The van der Waals surface area contributed by atoms with Gasteiger partial charge in [-0.05, 0) is 31.0 Å². The average molecular weight is 326 g/mol. The van der Waals surface area contributed by atoms with Crippen molar-refractivity contribution in [1.82, 2.24) is 9.78 Å². The van der Waals surface area contributed by atoms with E-state index in [1.807, 2.05) is 0 Å². The Bertz CT molecular complexity index is 827. The first kappa shape index (κ1) is 14.7. The van der Waals surface area contributed by atoms with Crippen LogP contribution < -0.4 is 9.64 Å². The predicted octanol–water partition coefficient (Wildman–Crippen LogP) is 2.49. The fourth-order valence-corrected chi connectivity index (χ4v) is 2.87. The first-order valence-electron chi connectivity index (χ1n) is 7.91. The van der Waals surface area contributed by atoms with E-state index in [0.717, 1.165) is 25.8 Å². The number of ether oxygens (including phenoxy) is 1. The number of fused-ring (bicyclic) bond motifs is 1. The number of benzene rings is 1. The van der Waals surface area contributed by atoms with E-state index in [-0.39, 0.29) is 17.5 Å². The minimum absolute atomic E-state index is 0.0344. The highest BCUT2D eigenvalue weighted by Gasteiger charge is 2.36. The number of rotatable bonds is 3. The lowest BCUT2D eigenvalue weighted by molar-refractivity contribution is 0.0979. The minimum Gasteiger partial charge on any atom is -0.478 e. The van der Waals surface area contributed by atoms with Crippen LogP contribution in [-0.4, -0.2) is 28.3 Å². The lowest BCUT2D eigenvalue weighted by Crippen LogP contribution is -2.33. The summed E-state index contributed by atoms with van der Waals surface area (Å²) in [5.41, 5.74) is 0.710. The summed E-state index contributed by atoms with van der Waals surface area (Å²) in [6.07, 6.45) is 2.60. The molecule has 0 unspecified atom stereocenters. The first-order chi connectivity index (χ1) is 11.7. The van der Waals surface area contributed by atoms with Crippen molar-refractivity contribution in [3.8, 4) is 11.9 Å². The van der Waals surface area contributed by atoms with Gasteiger partial charge in [0.05, 0.1) is 12.2 Å². The maximum absolute atomic E-state index is 13.9. The molecule has 24 heavy (non-hydrogen) atoms.